The summed E-state index contributed by atoms with van der Waals surface area (Å²) < 4.78 is 0. The van der Waals surface area contributed by atoms with Crippen molar-refractivity contribution in [3.05, 3.63) is 21.9 Å². The molecule has 5 heteroatoms. The van der Waals surface area contributed by atoms with Crippen LogP contribution < -0.4 is 11.1 Å². The number of thiophene rings is 1. The predicted octanol–water partition coefficient (Wildman–Crippen LogP) is 1.74. The smallest absolute Gasteiger partial charge is 0.239 e. The van der Waals surface area contributed by atoms with E-state index in [4.69, 9.17) is 5.73 Å². The van der Waals surface area contributed by atoms with E-state index in [2.05, 4.69) is 21.7 Å². The van der Waals surface area contributed by atoms with Gasteiger partial charge < -0.3 is 11.1 Å². The Kier molecular flexibility index (Phi) is 5.18. The first kappa shape index (κ1) is 15.5. The fourth-order valence-electron chi connectivity index (χ4n) is 2.66. The van der Waals surface area contributed by atoms with E-state index in [0.29, 0.717) is 6.54 Å². The van der Waals surface area contributed by atoms with Gasteiger partial charge in [-0.05, 0) is 36.8 Å². The third kappa shape index (κ3) is 3.81. The molecular formula is C15H25N3OS. The van der Waals surface area contributed by atoms with Gasteiger partial charge in [-0.25, -0.2) is 0 Å². The van der Waals surface area contributed by atoms with Crippen LogP contribution in [0, 0.1) is 0 Å². The molecule has 0 saturated heterocycles. The lowest BCUT2D eigenvalue weighted by atomic mass is 9.96. The Hall–Kier alpha value is -0.910. The van der Waals surface area contributed by atoms with Crippen LogP contribution in [0.25, 0.3) is 0 Å². The van der Waals surface area contributed by atoms with Crippen LogP contribution in [0.15, 0.2) is 11.4 Å². The molecule has 0 spiro atoms. The van der Waals surface area contributed by atoms with Crippen molar-refractivity contribution in [2.45, 2.75) is 45.2 Å². The molecule has 1 unspecified atom stereocenters. The van der Waals surface area contributed by atoms with Gasteiger partial charge in [-0.15, -0.1) is 11.3 Å². The molecule has 20 heavy (non-hydrogen) atoms. The summed E-state index contributed by atoms with van der Waals surface area (Å²) in [5.41, 5.74) is 6.72. The van der Waals surface area contributed by atoms with Crippen LogP contribution in [-0.2, 0) is 17.8 Å². The van der Waals surface area contributed by atoms with Crippen LogP contribution in [0.5, 0.6) is 0 Å². The van der Waals surface area contributed by atoms with E-state index in [9.17, 15) is 4.79 Å². The van der Waals surface area contributed by atoms with E-state index < -0.39 is 5.54 Å². The van der Waals surface area contributed by atoms with Gasteiger partial charge in [0.15, 0.2) is 0 Å². The Morgan fingerprint density at radius 2 is 2.40 bits per heavy atom. The van der Waals surface area contributed by atoms with Gasteiger partial charge in [0.2, 0.25) is 5.91 Å². The quantitative estimate of drug-likeness (QED) is 0.840. The fourth-order valence-corrected chi connectivity index (χ4v) is 3.55. The standard InChI is InChI=1S/C15H25N3OS/c1-3-6-15(2,16)14(19)17-7-9-18-8-4-13-12(11-18)5-10-20-13/h5,10H,3-4,6-9,11,16H2,1-2H3,(H,17,19). The Morgan fingerprint density at radius 3 is 3.15 bits per heavy atom. The van der Waals surface area contributed by atoms with Gasteiger partial charge in [-0.2, -0.15) is 0 Å². The molecule has 0 fully saturated rings. The first-order valence-corrected chi connectivity index (χ1v) is 8.25. The normalized spacial score (nSPS) is 18.4. The third-order valence-corrected chi connectivity index (χ3v) is 4.91. The molecule has 1 aromatic rings. The summed E-state index contributed by atoms with van der Waals surface area (Å²) in [7, 11) is 0. The lowest BCUT2D eigenvalue weighted by Gasteiger charge is -2.28. The van der Waals surface area contributed by atoms with Gasteiger partial charge >= 0.3 is 0 Å². The summed E-state index contributed by atoms with van der Waals surface area (Å²) >= 11 is 1.85. The molecule has 0 aliphatic carbocycles. The van der Waals surface area contributed by atoms with Crippen LogP contribution in [0.3, 0.4) is 0 Å². The molecule has 2 heterocycles. The number of amides is 1. The fraction of sp³-hybridized carbons (Fsp3) is 0.667. The molecule has 0 aromatic carbocycles. The van der Waals surface area contributed by atoms with Crippen LogP contribution >= 0.6 is 11.3 Å². The second-order valence-electron chi connectivity index (χ2n) is 5.82. The van der Waals surface area contributed by atoms with Crippen molar-refractivity contribution in [2.75, 3.05) is 19.6 Å². The number of fused-ring (bicyclic) bond motifs is 1. The molecule has 0 saturated carbocycles. The summed E-state index contributed by atoms with van der Waals surface area (Å²) in [6, 6.07) is 2.21. The van der Waals surface area contributed by atoms with E-state index in [-0.39, 0.29) is 5.91 Å². The van der Waals surface area contributed by atoms with Gasteiger partial charge in [-0.1, -0.05) is 13.3 Å². The molecule has 1 aromatic heterocycles. The van der Waals surface area contributed by atoms with Gasteiger partial charge in [-0.3, -0.25) is 9.69 Å². The maximum atomic E-state index is 12.0. The number of hydrogen-bond donors (Lipinski definition) is 2. The molecule has 1 atom stereocenters. The van der Waals surface area contributed by atoms with Gasteiger partial charge in [0.1, 0.15) is 0 Å². The molecule has 112 valence electrons. The molecule has 3 N–H and O–H groups in total. The second-order valence-corrected chi connectivity index (χ2v) is 6.82. The highest BCUT2D eigenvalue weighted by Gasteiger charge is 2.26. The molecule has 1 aliphatic heterocycles. The maximum Gasteiger partial charge on any atom is 0.239 e. The minimum atomic E-state index is -0.739. The zero-order valence-electron chi connectivity index (χ0n) is 12.4. The lowest BCUT2D eigenvalue weighted by Crippen LogP contribution is -2.52. The van der Waals surface area contributed by atoms with E-state index in [1.165, 1.54) is 10.4 Å². The Morgan fingerprint density at radius 1 is 1.60 bits per heavy atom. The van der Waals surface area contributed by atoms with Crippen molar-refractivity contribution in [1.82, 2.24) is 10.2 Å². The highest BCUT2D eigenvalue weighted by molar-refractivity contribution is 7.10. The summed E-state index contributed by atoms with van der Waals surface area (Å²) in [6.45, 7) is 7.51. The predicted molar refractivity (Wildman–Crippen MR) is 83.8 cm³/mol. The number of rotatable bonds is 6. The van der Waals surface area contributed by atoms with Crippen LogP contribution in [-0.4, -0.2) is 36.0 Å². The number of hydrogen-bond acceptors (Lipinski definition) is 4. The van der Waals surface area contributed by atoms with Crippen LogP contribution in [0.1, 0.15) is 37.1 Å². The second kappa shape index (κ2) is 6.70. The number of carbonyl (C=O) groups is 1. The molecule has 1 amide bonds. The van der Waals surface area contributed by atoms with Crippen molar-refractivity contribution in [1.29, 1.82) is 0 Å². The molecule has 0 bridgehead atoms. The molecule has 2 rings (SSSR count). The average Bonchev–Trinajstić information content (AvgIpc) is 2.86. The van der Waals surface area contributed by atoms with Crippen molar-refractivity contribution in [2.24, 2.45) is 5.73 Å². The first-order valence-electron chi connectivity index (χ1n) is 7.37. The summed E-state index contributed by atoms with van der Waals surface area (Å²) in [6.07, 6.45) is 2.78. The largest absolute Gasteiger partial charge is 0.353 e. The summed E-state index contributed by atoms with van der Waals surface area (Å²) in [5.74, 6) is -0.0346. The molecule has 1 aliphatic rings. The van der Waals surface area contributed by atoms with Crippen molar-refractivity contribution in [3.63, 3.8) is 0 Å². The average molecular weight is 295 g/mol. The van der Waals surface area contributed by atoms with Crippen molar-refractivity contribution in [3.8, 4) is 0 Å². The van der Waals surface area contributed by atoms with Gasteiger partial charge in [0.05, 0.1) is 5.54 Å². The molecule has 0 radical (unpaired) electrons. The van der Waals surface area contributed by atoms with Crippen LogP contribution in [0.4, 0.5) is 0 Å². The number of nitrogens with zero attached hydrogens (tertiary/aromatic N) is 1. The third-order valence-electron chi connectivity index (χ3n) is 3.89. The minimum absolute atomic E-state index is 0.0346. The lowest BCUT2D eigenvalue weighted by molar-refractivity contribution is -0.126. The van der Waals surface area contributed by atoms with Crippen molar-refractivity contribution >= 4 is 17.2 Å². The highest BCUT2D eigenvalue weighted by Crippen LogP contribution is 2.23. The number of nitrogens with one attached hydrogen (secondary N) is 1. The Labute approximate surface area is 125 Å². The van der Waals surface area contributed by atoms with E-state index >= 15 is 0 Å². The van der Waals surface area contributed by atoms with Gasteiger partial charge in [0.25, 0.3) is 0 Å². The maximum absolute atomic E-state index is 12.0. The SMILES string of the molecule is CCCC(C)(N)C(=O)NCCN1CCc2sccc2C1. The topological polar surface area (TPSA) is 58.4 Å². The first-order chi connectivity index (χ1) is 9.53. The highest BCUT2D eigenvalue weighted by atomic mass is 32.1. The van der Waals surface area contributed by atoms with Crippen LogP contribution in [0.2, 0.25) is 0 Å². The molecular weight excluding hydrogens is 270 g/mol. The monoisotopic (exact) mass is 295 g/mol. The van der Waals surface area contributed by atoms with E-state index in [0.717, 1.165) is 38.9 Å². The zero-order valence-corrected chi connectivity index (χ0v) is 13.3. The zero-order chi connectivity index (χ0) is 14.6. The minimum Gasteiger partial charge on any atom is -0.353 e. The Bertz CT molecular complexity index is 456. The van der Waals surface area contributed by atoms with Gasteiger partial charge in [0, 0.05) is 31.1 Å². The van der Waals surface area contributed by atoms with E-state index in [1.54, 1.807) is 0 Å². The summed E-state index contributed by atoms with van der Waals surface area (Å²) in [5, 5.41) is 5.14. The Balaban J connectivity index is 1.73. The summed E-state index contributed by atoms with van der Waals surface area (Å²) in [4.78, 5) is 15.9. The van der Waals surface area contributed by atoms with Crippen molar-refractivity contribution < 1.29 is 4.79 Å². The molecule has 4 nitrogen and oxygen atoms in total. The van der Waals surface area contributed by atoms with E-state index in [1.807, 2.05) is 25.2 Å². The number of nitrogens with two attached hydrogens (primary N) is 1. The number of carbonyl (C=O) groups excluding carboxylic acids is 1.